The summed E-state index contributed by atoms with van der Waals surface area (Å²) in [5.74, 6) is 0.337. The summed E-state index contributed by atoms with van der Waals surface area (Å²) in [6.45, 7) is 6.18. The Morgan fingerprint density at radius 3 is 2.62 bits per heavy atom. The lowest BCUT2D eigenvalue weighted by atomic mass is 9.74. The molecule has 2 rings (SSSR count). The number of piperidine rings is 1. The zero-order valence-electron chi connectivity index (χ0n) is 10.5. The summed E-state index contributed by atoms with van der Waals surface area (Å²) in [7, 11) is 0. The molecule has 3 nitrogen and oxygen atoms in total. The lowest BCUT2D eigenvalue weighted by molar-refractivity contribution is -0.125. The Morgan fingerprint density at radius 1 is 1.31 bits per heavy atom. The lowest BCUT2D eigenvalue weighted by Gasteiger charge is -2.39. The van der Waals surface area contributed by atoms with Gasteiger partial charge in [-0.2, -0.15) is 0 Å². The summed E-state index contributed by atoms with van der Waals surface area (Å²) in [5.41, 5.74) is 0.412. The van der Waals surface area contributed by atoms with Crippen LogP contribution in [0.25, 0.3) is 0 Å². The van der Waals surface area contributed by atoms with Crippen LogP contribution in [-0.2, 0) is 4.79 Å². The number of carbonyl (C=O) groups excluding carboxylic acids is 1. The zero-order valence-corrected chi connectivity index (χ0v) is 10.5. The first kappa shape index (κ1) is 11.9. The number of amides is 1. The standard InChI is InChI=1S/C13H24N2O/c1-10(2)12(16)15-11-4-3-5-13(11)6-8-14-9-7-13/h10-11,14H,3-9H2,1-2H3,(H,15,16). The van der Waals surface area contributed by atoms with Crippen molar-refractivity contribution < 1.29 is 4.79 Å². The first-order chi connectivity index (χ1) is 7.64. The van der Waals surface area contributed by atoms with Crippen LogP contribution in [0.5, 0.6) is 0 Å². The van der Waals surface area contributed by atoms with Crippen molar-refractivity contribution in [2.75, 3.05) is 13.1 Å². The van der Waals surface area contributed by atoms with Gasteiger partial charge in [-0.3, -0.25) is 4.79 Å². The average Bonchev–Trinajstić information content (AvgIpc) is 2.62. The Kier molecular flexibility index (Phi) is 3.53. The van der Waals surface area contributed by atoms with Crippen molar-refractivity contribution in [1.29, 1.82) is 0 Å². The van der Waals surface area contributed by atoms with Gasteiger partial charge in [-0.05, 0) is 44.2 Å². The predicted octanol–water partition coefficient (Wildman–Crippen LogP) is 1.68. The van der Waals surface area contributed by atoms with E-state index in [-0.39, 0.29) is 11.8 Å². The molecule has 3 heteroatoms. The third-order valence-electron chi connectivity index (χ3n) is 4.35. The van der Waals surface area contributed by atoms with Gasteiger partial charge in [0.15, 0.2) is 0 Å². The maximum atomic E-state index is 11.8. The van der Waals surface area contributed by atoms with E-state index < -0.39 is 0 Å². The smallest absolute Gasteiger partial charge is 0.222 e. The van der Waals surface area contributed by atoms with Crippen molar-refractivity contribution >= 4 is 5.91 Å². The van der Waals surface area contributed by atoms with Gasteiger partial charge in [-0.25, -0.2) is 0 Å². The van der Waals surface area contributed by atoms with Crippen molar-refractivity contribution in [2.45, 2.75) is 52.0 Å². The van der Waals surface area contributed by atoms with E-state index in [9.17, 15) is 4.79 Å². The molecule has 1 atom stereocenters. The summed E-state index contributed by atoms with van der Waals surface area (Å²) in [4.78, 5) is 11.8. The van der Waals surface area contributed by atoms with Crippen LogP contribution in [0.3, 0.4) is 0 Å². The van der Waals surface area contributed by atoms with Crippen LogP contribution in [-0.4, -0.2) is 25.0 Å². The fourth-order valence-electron chi connectivity index (χ4n) is 3.23. The summed E-state index contributed by atoms with van der Waals surface area (Å²) >= 11 is 0. The van der Waals surface area contributed by atoms with Crippen LogP contribution in [0, 0.1) is 11.3 Å². The molecule has 92 valence electrons. The van der Waals surface area contributed by atoms with E-state index in [1.165, 1.54) is 32.1 Å². The van der Waals surface area contributed by atoms with Crippen LogP contribution in [0.15, 0.2) is 0 Å². The van der Waals surface area contributed by atoms with Gasteiger partial charge >= 0.3 is 0 Å². The highest BCUT2D eigenvalue weighted by Gasteiger charge is 2.43. The third-order valence-corrected chi connectivity index (χ3v) is 4.35. The molecule has 1 saturated heterocycles. The highest BCUT2D eigenvalue weighted by molar-refractivity contribution is 5.78. The van der Waals surface area contributed by atoms with Crippen molar-refractivity contribution in [1.82, 2.24) is 10.6 Å². The summed E-state index contributed by atoms with van der Waals surface area (Å²) in [6.07, 6.45) is 6.23. The van der Waals surface area contributed by atoms with E-state index >= 15 is 0 Å². The van der Waals surface area contributed by atoms with E-state index in [0.29, 0.717) is 11.5 Å². The van der Waals surface area contributed by atoms with Gasteiger partial charge in [-0.1, -0.05) is 20.3 Å². The zero-order chi connectivity index (χ0) is 11.6. The quantitative estimate of drug-likeness (QED) is 0.749. The normalized spacial score (nSPS) is 28.6. The van der Waals surface area contributed by atoms with Crippen molar-refractivity contribution in [3.63, 3.8) is 0 Å². The maximum Gasteiger partial charge on any atom is 0.222 e. The molecule has 1 unspecified atom stereocenters. The van der Waals surface area contributed by atoms with Gasteiger partial charge in [0.25, 0.3) is 0 Å². The molecule has 1 amide bonds. The molecular formula is C13H24N2O. The molecule has 1 aliphatic carbocycles. The van der Waals surface area contributed by atoms with E-state index in [2.05, 4.69) is 10.6 Å². The summed E-state index contributed by atoms with van der Waals surface area (Å²) in [5, 5.41) is 6.69. The molecule has 1 heterocycles. The van der Waals surface area contributed by atoms with E-state index in [4.69, 9.17) is 0 Å². The maximum absolute atomic E-state index is 11.8. The molecule has 0 radical (unpaired) electrons. The minimum atomic E-state index is 0.111. The fraction of sp³-hybridized carbons (Fsp3) is 0.923. The molecule has 1 spiro atoms. The molecule has 0 aromatic heterocycles. The molecule has 2 fully saturated rings. The fourth-order valence-corrected chi connectivity index (χ4v) is 3.23. The second-order valence-corrected chi connectivity index (χ2v) is 5.72. The van der Waals surface area contributed by atoms with E-state index in [1.54, 1.807) is 0 Å². The molecule has 16 heavy (non-hydrogen) atoms. The summed E-state index contributed by atoms with van der Waals surface area (Å²) < 4.78 is 0. The molecule has 2 aliphatic rings. The highest BCUT2D eigenvalue weighted by Crippen LogP contribution is 2.45. The van der Waals surface area contributed by atoms with Gasteiger partial charge in [0.2, 0.25) is 5.91 Å². The SMILES string of the molecule is CC(C)C(=O)NC1CCCC12CCNCC2. The number of rotatable bonds is 2. The summed E-state index contributed by atoms with van der Waals surface area (Å²) in [6, 6.07) is 0.435. The number of carbonyl (C=O) groups is 1. The van der Waals surface area contributed by atoms with Crippen LogP contribution in [0.1, 0.15) is 46.0 Å². The Morgan fingerprint density at radius 2 is 2.00 bits per heavy atom. The topological polar surface area (TPSA) is 41.1 Å². The van der Waals surface area contributed by atoms with Gasteiger partial charge < -0.3 is 10.6 Å². The van der Waals surface area contributed by atoms with Crippen LogP contribution in [0.4, 0.5) is 0 Å². The second kappa shape index (κ2) is 4.74. The number of hydrogen-bond acceptors (Lipinski definition) is 2. The number of hydrogen-bond donors (Lipinski definition) is 2. The van der Waals surface area contributed by atoms with Gasteiger partial charge in [0, 0.05) is 12.0 Å². The minimum Gasteiger partial charge on any atom is -0.353 e. The van der Waals surface area contributed by atoms with Gasteiger partial charge in [0.05, 0.1) is 0 Å². The van der Waals surface area contributed by atoms with Crippen LogP contribution in [0.2, 0.25) is 0 Å². The second-order valence-electron chi connectivity index (χ2n) is 5.72. The number of nitrogens with one attached hydrogen (secondary N) is 2. The van der Waals surface area contributed by atoms with Gasteiger partial charge in [0.1, 0.15) is 0 Å². The Hall–Kier alpha value is -0.570. The molecule has 0 bridgehead atoms. The van der Waals surface area contributed by atoms with Crippen molar-refractivity contribution in [3.8, 4) is 0 Å². The Bertz CT molecular complexity index is 257. The molecule has 2 N–H and O–H groups in total. The van der Waals surface area contributed by atoms with Crippen molar-refractivity contribution in [3.05, 3.63) is 0 Å². The Balaban J connectivity index is 1.99. The molecule has 1 saturated carbocycles. The Labute approximate surface area is 98.4 Å². The molecule has 0 aromatic rings. The van der Waals surface area contributed by atoms with Crippen LogP contribution < -0.4 is 10.6 Å². The lowest BCUT2D eigenvalue weighted by Crippen LogP contribution is -2.50. The highest BCUT2D eigenvalue weighted by atomic mass is 16.1. The average molecular weight is 224 g/mol. The van der Waals surface area contributed by atoms with Crippen molar-refractivity contribution in [2.24, 2.45) is 11.3 Å². The largest absolute Gasteiger partial charge is 0.353 e. The monoisotopic (exact) mass is 224 g/mol. The first-order valence-electron chi connectivity index (χ1n) is 6.65. The first-order valence-corrected chi connectivity index (χ1v) is 6.65. The molecule has 1 aliphatic heterocycles. The molecular weight excluding hydrogens is 200 g/mol. The van der Waals surface area contributed by atoms with E-state index in [0.717, 1.165) is 13.1 Å². The third kappa shape index (κ3) is 2.24. The van der Waals surface area contributed by atoms with E-state index in [1.807, 2.05) is 13.8 Å². The van der Waals surface area contributed by atoms with Gasteiger partial charge in [-0.15, -0.1) is 0 Å². The van der Waals surface area contributed by atoms with Crippen LogP contribution >= 0.6 is 0 Å². The minimum absolute atomic E-state index is 0.111. The predicted molar refractivity (Wildman–Crippen MR) is 65.2 cm³/mol. The molecule has 0 aromatic carbocycles.